The second-order valence-electron chi connectivity index (χ2n) is 3.97. The highest BCUT2D eigenvalue weighted by atomic mass is 19.3. The molecule has 0 aliphatic carbocycles. The van der Waals surface area contributed by atoms with Gasteiger partial charge in [0.2, 0.25) is 0 Å². The van der Waals surface area contributed by atoms with Crippen LogP contribution in [0.25, 0.3) is 11.3 Å². The molecule has 0 saturated carbocycles. The average Bonchev–Trinajstić information content (AvgIpc) is 2.86. The van der Waals surface area contributed by atoms with Crippen molar-refractivity contribution >= 4 is 0 Å². The van der Waals surface area contributed by atoms with Crippen molar-refractivity contribution in [3.8, 4) is 11.3 Å². The molecule has 0 fully saturated rings. The van der Waals surface area contributed by atoms with Crippen LogP contribution >= 0.6 is 0 Å². The summed E-state index contributed by atoms with van der Waals surface area (Å²) in [6.45, 7) is 0.984. The van der Waals surface area contributed by atoms with Crippen molar-refractivity contribution in [3.05, 3.63) is 41.8 Å². The number of rotatable bonds is 5. The Balaban J connectivity index is 2.05. The molecule has 0 aliphatic rings. The molecule has 0 saturated heterocycles. The third-order valence-corrected chi connectivity index (χ3v) is 2.53. The second kappa shape index (κ2) is 5.44. The largest absolute Gasteiger partial charge is 0.356 e. The van der Waals surface area contributed by atoms with E-state index in [4.69, 9.17) is 4.52 Å². The fourth-order valence-corrected chi connectivity index (χ4v) is 1.41. The molecular formula is C13H12F3NO2. The smallest absolute Gasteiger partial charge is 0.355 e. The SMILES string of the molecule is CCC(F)(F)OCc1cc(-c2ccc(F)cc2)on1. The number of ether oxygens (including phenoxy) is 1. The zero-order chi connectivity index (χ0) is 13.9. The predicted molar refractivity (Wildman–Crippen MR) is 61.9 cm³/mol. The molecule has 0 bridgehead atoms. The van der Waals surface area contributed by atoms with E-state index in [2.05, 4.69) is 9.89 Å². The average molecular weight is 271 g/mol. The molecule has 102 valence electrons. The van der Waals surface area contributed by atoms with Gasteiger partial charge in [-0.2, -0.15) is 8.78 Å². The lowest BCUT2D eigenvalue weighted by Crippen LogP contribution is -2.18. The summed E-state index contributed by atoms with van der Waals surface area (Å²) in [6.07, 6.45) is -3.58. The topological polar surface area (TPSA) is 35.3 Å². The van der Waals surface area contributed by atoms with Crippen LogP contribution in [0.1, 0.15) is 19.0 Å². The summed E-state index contributed by atoms with van der Waals surface area (Å²) in [5.74, 6) is 0.00725. The van der Waals surface area contributed by atoms with Gasteiger partial charge >= 0.3 is 6.11 Å². The van der Waals surface area contributed by atoms with Gasteiger partial charge < -0.3 is 9.26 Å². The van der Waals surface area contributed by atoms with Crippen molar-refractivity contribution in [1.82, 2.24) is 5.16 Å². The normalized spacial score (nSPS) is 11.8. The quantitative estimate of drug-likeness (QED) is 0.824. The maximum atomic E-state index is 12.9. The van der Waals surface area contributed by atoms with Gasteiger partial charge in [-0.3, -0.25) is 0 Å². The minimum absolute atomic E-state index is 0.257. The van der Waals surface area contributed by atoms with Crippen molar-refractivity contribution < 1.29 is 22.4 Å². The number of nitrogens with zero attached hydrogens (tertiary/aromatic N) is 1. The van der Waals surface area contributed by atoms with Crippen LogP contribution in [-0.4, -0.2) is 11.3 Å². The van der Waals surface area contributed by atoms with Crippen LogP contribution in [-0.2, 0) is 11.3 Å². The van der Waals surface area contributed by atoms with E-state index in [9.17, 15) is 13.2 Å². The molecule has 0 spiro atoms. The highest BCUT2D eigenvalue weighted by Gasteiger charge is 2.27. The Hall–Kier alpha value is -1.82. The molecule has 1 heterocycles. The van der Waals surface area contributed by atoms with Gasteiger partial charge in [0.05, 0.1) is 6.61 Å². The Labute approximate surface area is 108 Å². The van der Waals surface area contributed by atoms with Crippen LogP contribution in [0.2, 0.25) is 0 Å². The molecule has 0 radical (unpaired) electrons. The minimum atomic E-state index is -3.17. The maximum Gasteiger partial charge on any atom is 0.355 e. The molecular weight excluding hydrogens is 259 g/mol. The number of halogens is 3. The summed E-state index contributed by atoms with van der Waals surface area (Å²) in [5, 5.41) is 3.63. The van der Waals surface area contributed by atoms with Crippen molar-refractivity contribution in [3.63, 3.8) is 0 Å². The molecule has 3 nitrogen and oxygen atoms in total. The first-order valence-electron chi connectivity index (χ1n) is 5.73. The van der Waals surface area contributed by atoms with Crippen molar-refractivity contribution in [2.45, 2.75) is 26.1 Å². The molecule has 0 N–H and O–H groups in total. The van der Waals surface area contributed by atoms with E-state index in [1.807, 2.05) is 0 Å². The van der Waals surface area contributed by atoms with E-state index < -0.39 is 12.5 Å². The Morgan fingerprint density at radius 3 is 2.58 bits per heavy atom. The summed E-state index contributed by atoms with van der Waals surface area (Å²) in [5.41, 5.74) is 0.870. The Kier molecular flexibility index (Phi) is 3.90. The lowest BCUT2D eigenvalue weighted by atomic mass is 10.1. The van der Waals surface area contributed by atoms with Crippen molar-refractivity contribution in [1.29, 1.82) is 0 Å². The summed E-state index contributed by atoms with van der Waals surface area (Å²) >= 11 is 0. The number of hydrogen-bond donors (Lipinski definition) is 0. The second-order valence-corrected chi connectivity index (χ2v) is 3.97. The van der Waals surface area contributed by atoms with Gasteiger partial charge in [0, 0.05) is 18.1 Å². The highest BCUT2D eigenvalue weighted by molar-refractivity contribution is 5.56. The van der Waals surface area contributed by atoms with Crippen LogP contribution in [0, 0.1) is 5.82 Å². The van der Waals surface area contributed by atoms with Crippen LogP contribution < -0.4 is 0 Å². The first-order chi connectivity index (χ1) is 9.00. The van der Waals surface area contributed by atoms with Crippen LogP contribution in [0.5, 0.6) is 0 Å². The van der Waals surface area contributed by atoms with Crippen molar-refractivity contribution in [2.75, 3.05) is 0 Å². The van der Waals surface area contributed by atoms with Gasteiger partial charge in [-0.15, -0.1) is 0 Å². The van der Waals surface area contributed by atoms with Gasteiger partial charge in [-0.25, -0.2) is 4.39 Å². The Morgan fingerprint density at radius 1 is 1.26 bits per heavy atom. The van der Waals surface area contributed by atoms with Crippen LogP contribution in [0.15, 0.2) is 34.9 Å². The van der Waals surface area contributed by atoms with Gasteiger partial charge in [-0.1, -0.05) is 12.1 Å². The van der Waals surface area contributed by atoms with Crippen LogP contribution in [0.3, 0.4) is 0 Å². The van der Waals surface area contributed by atoms with Gasteiger partial charge in [-0.05, 0) is 24.3 Å². The summed E-state index contributed by atoms with van der Waals surface area (Å²) in [7, 11) is 0. The summed E-state index contributed by atoms with van der Waals surface area (Å²) < 4.78 is 47.9. The van der Waals surface area contributed by atoms with Gasteiger partial charge in [0.25, 0.3) is 0 Å². The highest BCUT2D eigenvalue weighted by Crippen LogP contribution is 2.24. The van der Waals surface area contributed by atoms with E-state index in [1.165, 1.54) is 37.3 Å². The zero-order valence-corrected chi connectivity index (χ0v) is 10.2. The van der Waals surface area contributed by atoms with E-state index in [1.54, 1.807) is 0 Å². The molecule has 19 heavy (non-hydrogen) atoms. The third-order valence-electron chi connectivity index (χ3n) is 2.53. The van der Waals surface area contributed by atoms with E-state index in [0.29, 0.717) is 11.3 Å². The number of aromatic nitrogens is 1. The number of alkyl halides is 2. The molecule has 6 heteroatoms. The molecule has 0 unspecified atom stereocenters. The first-order valence-corrected chi connectivity index (χ1v) is 5.73. The number of hydrogen-bond acceptors (Lipinski definition) is 3. The molecule has 0 amide bonds. The molecule has 2 aromatic rings. The molecule has 0 aliphatic heterocycles. The van der Waals surface area contributed by atoms with E-state index in [0.717, 1.165) is 0 Å². The van der Waals surface area contributed by atoms with E-state index >= 15 is 0 Å². The molecule has 1 aromatic carbocycles. The van der Waals surface area contributed by atoms with E-state index in [-0.39, 0.29) is 18.1 Å². The molecule has 1 aromatic heterocycles. The number of benzene rings is 1. The summed E-state index contributed by atoms with van der Waals surface area (Å²) in [4.78, 5) is 0. The van der Waals surface area contributed by atoms with Gasteiger partial charge in [0.15, 0.2) is 5.76 Å². The first kappa shape index (κ1) is 13.6. The third kappa shape index (κ3) is 3.57. The van der Waals surface area contributed by atoms with Crippen molar-refractivity contribution in [2.24, 2.45) is 0 Å². The Morgan fingerprint density at radius 2 is 1.95 bits per heavy atom. The monoisotopic (exact) mass is 271 g/mol. The van der Waals surface area contributed by atoms with Gasteiger partial charge in [0.1, 0.15) is 11.5 Å². The molecule has 2 rings (SSSR count). The Bertz CT molecular complexity index is 537. The fourth-order valence-electron chi connectivity index (χ4n) is 1.41. The zero-order valence-electron chi connectivity index (χ0n) is 10.2. The lowest BCUT2D eigenvalue weighted by molar-refractivity contribution is -0.247. The predicted octanol–water partition coefficient (Wildman–Crippen LogP) is 4.00. The lowest BCUT2D eigenvalue weighted by Gasteiger charge is -2.12. The van der Waals surface area contributed by atoms with Crippen LogP contribution in [0.4, 0.5) is 13.2 Å². The minimum Gasteiger partial charge on any atom is -0.356 e. The molecule has 0 atom stereocenters. The fraction of sp³-hybridized carbons (Fsp3) is 0.308. The summed E-state index contributed by atoms with van der Waals surface area (Å²) in [6, 6.07) is 7.07. The maximum absolute atomic E-state index is 12.9. The standard InChI is InChI=1S/C13H12F3NO2/c1-2-13(15,16)18-8-11-7-12(19-17-11)9-3-5-10(14)6-4-9/h3-7H,2,8H2,1H3.